The fraction of sp³-hybridized carbons (Fsp3) is 0.684. The van der Waals surface area contributed by atoms with E-state index in [0.717, 1.165) is 50.3 Å². The lowest BCUT2D eigenvalue weighted by Crippen LogP contribution is -2.40. The predicted molar refractivity (Wildman–Crippen MR) is 104 cm³/mol. The average molecular weight is 385 g/mol. The van der Waals surface area contributed by atoms with Crippen LogP contribution in [-0.2, 0) is 16.4 Å². The molecular formula is C19H32N2O4S. The van der Waals surface area contributed by atoms with Gasteiger partial charge in [0, 0.05) is 19.1 Å². The predicted octanol–water partition coefficient (Wildman–Crippen LogP) is 2.29. The number of rotatable bonds is 9. The van der Waals surface area contributed by atoms with Crippen LogP contribution in [0.15, 0.2) is 18.2 Å². The lowest BCUT2D eigenvalue weighted by Gasteiger charge is -2.32. The van der Waals surface area contributed by atoms with Gasteiger partial charge in [0.2, 0.25) is 10.0 Å². The third-order valence-electron chi connectivity index (χ3n) is 4.96. The minimum atomic E-state index is -3.12. The van der Waals surface area contributed by atoms with Gasteiger partial charge in [-0.1, -0.05) is 12.5 Å². The second-order valence-corrected chi connectivity index (χ2v) is 9.10. The van der Waals surface area contributed by atoms with Gasteiger partial charge in [-0.3, -0.25) is 0 Å². The van der Waals surface area contributed by atoms with Crippen LogP contribution in [-0.4, -0.2) is 60.0 Å². The normalized spacial score (nSPS) is 21.0. The van der Waals surface area contributed by atoms with E-state index in [1.54, 1.807) is 14.2 Å². The van der Waals surface area contributed by atoms with Gasteiger partial charge in [0.15, 0.2) is 11.5 Å². The number of likely N-dealkylation sites (N-methyl/N-ethyl adjacent to an activating group) is 1. The zero-order valence-corrected chi connectivity index (χ0v) is 17.1. The van der Waals surface area contributed by atoms with Gasteiger partial charge in [-0.25, -0.2) is 13.1 Å². The van der Waals surface area contributed by atoms with E-state index in [-0.39, 0.29) is 6.04 Å². The molecule has 26 heavy (non-hydrogen) atoms. The molecule has 2 atom stereocenters. The molecular weight excluding hydrogens is 352 g/mol. The van der Waals surface area contributed by atoms with Crippen LogP contribution in [0, 0.1) is 5.92 Å². The maximum Gasteiger partial charge on any atom is 0.208 e. The zero-order chi connectivity index (χ0) is 19.2. The van der Waals surface area contributed by atoms with E-state index in [9.17, 15) is 8.42 Å². The minimum Gasteiger partial charge on any atom is -0.493 e. The molecule has 0 heterocycles. The molecule has 2 rings (SSSR count). The number of methoxy groups -OCH3 is 2. The smallest absolute Gasteiger partial charge is 0.208 e. The lowest BCUT2D eigenvalue weighted by atomic mass is 9.86. The molecule has 1 aliphatic rings. The highest BCUT2D eigenvalue weighted by molar-refractivity contribution is 7.88. The molecule has 0 radical (unpaired) electrons. The van der Waals surface area contributed by atoms with Crippen molar-refractivity contribution in [3.63, 3.8) is 0 Å². The first-order valence-electron chi connectivity index (χ1n) is 9.17. The molecule has 0 bridgehead atoms. The third-order valence-corrected chi connectivity index (χ3v) is 5.73. The van der Waals surface area contributed by atoms with Gasteiger partial charge in [0.1, 0.15) is 0 Å². The molecule has 0 aliphatic heterocycles. The summed E-state index contributed by atoms with van der Waals surface area (Å²) < 4.78 is 36.3. The average Bonchev–Trinajstić information content (AvgIpc) is 2.58. The highest BCUT2D eigenvalue weighted by Gasteiger charge is 2.24. The van der Waals surface area contributed by atoms with Gasteiger partial charge in [-0.05, 0) is 56.3 Å². The SMILES string of the molecule is COc1ccc(CCN(C)C[C@@H]2CCC[C@H](NS(C)(=O)=O)C2)cc1OC. The van der Waals surface area contributed by atoms with Crippen LogP contribution in [0.4, 0.5) is 0 Å². The molecule has 1 saturated carbocycles. The van der Waals surface area contributed by atoms with E-state index in [1.165, 1.54) is 18.2 Å². The maximum absolute atomic E-state index is 11.4. The standard InChI is InChI=1S/C19H32N2O4S/c1-21(11-10-15-8-9-18(24-2)19(13-15)25-3)14-16-6-5-7-17(12-16)20-26(4,22)23/h8-9,13,16-17,20H,5-7,10-12,14H2,1-4H3/t16-,17+/m1/s1. The molecule has 0 aromatic heterocycles. The van der Waals surface area contributed by atoms with Crippen LogP contribution < -0.4 is 14.2 Å². The van der Waals surface area contributed by atoms with Gasteiger partial charge in [-0.2, -0.15) is 0 Å². The van der Waals surface area contributed by atoms with E-state index in [4.69, 9.17) is 9.47 Å². The second-order valence-electron chi connectivity index (χ2n) is 7.32. The molecule has 1 aromatic carbocycles. The molecule has 1 N–H and O–H groups in total. The highest BCUT2D eigenvalue weighted by atomic mass is 32.2. The van der Waals surface area contributed by atoms with Crippen molar-refractivity contribution >= 4 is 10.0 Å². The van der Waals surface area contributed by atoms with E-state index < -0.39 is 10.0 Å². The van der Waals surface area contributed by atoms with Crippen LogP contribution in [0.5, 0.6) is 11.5 Å². The largest absolute Gasteiger partial charge is 0.493 e. The Labute approximate surface area is 157 Å². The van der Waals surface area contributed by atoms with Gasteiger partial charge in [0.25, 0.3) is 0 Å². The fourth-order valence-electron chi connectivity index (χ4n) is 3.75. The number of nitrogens with one attached hydrogen (secondary N) is 1. The van der Waals surface area contributed by atoms with Crippen molar-refractivity contribution < 1.29 is 17.9 Å². The summed E-state index contributed by atoms with van der Waals surface area (Å²) in [4.78, 5) is 2.34. The van der Waals surface area contributed by atoms with E-state index in [2.05, 4.69) is 22.7 Å². The van der Waals surface area contributed by atoms with Gasteiger partial charge >= 0.3 is 0 Å². The summed E-state index contributed by atoms with van der Waals surface area (Å²) in [5.74, 6) is 2.05. The molecule has 0 unspecified atom stereocenters. The summed E-state index contributed by atoms with van der Waals surface area (Å²) in [7, 11) is 2.30. The summed E-state index contributed by atoms with van der Waals surface area (Å²) in [6.45, 7) is 1.95. The van der Waals surface area contributed by atoms with Crippen molar-refractivity contribution in [1.82, 2.24) is 9.62 Å². The third kappa shape index (κ3) is 6.78. The monoisotopic (exact) mass is 384 g/mol. The Morgan fingerprint density at radius 3 is 2.58 bits per heavy atom. The number of hydrogen-bond acceptors (Lipinski definition) is 5. The van der Waals surface area contributed by atoms with Gasteiger partial charge < -0.3 is 14.4 Å². The number of benzene rings is 1. The molecule has 0 spiro atoms. The summed E-state index contributed by atoms with van der Waals surface area (Å²) >= 11 is 0. The minimum absolute atomic E-state index is 0.0861. The van der Waals surface area contributed by atoms with E-state index in [0.29, 0.717) is 5.92 Å². The summed E-state index contributed by atoms with van der Waals surface area (Å²) in [6.07, 6.45) is 6.30. The van der Waals surface area contributed by atoms with E-state index >= 15 is 0 Å². The van der Waals surface area contributed by atoms with E-state index in [1.807, 2.05) is 12.1 Å². The molecule has 7 heteroatoms. The number of ether oxygens (including phenoxy) is 2. The van der Waals surface area contributed by atoms with Crippen molar-refractivity contribution in [1.29, 1.82) is 0 Å². The van der Waals surface area contributed by atoms with Crippen molar-refractivity contribution in [2.24, 2.45) is 5.92 Å². The molecule has 1 fully saturated rings. The van der Waals surface area contributed by atoms with Crippen LogP contribution >= 0.6 is 0 Å². The maximum atomic E-state index is 11.4. The lowest BCUT2D eigenvalue weighted by molar-refractivity contribution is 0.218. The summed E-state index contributed by atoms with van der Waals surface area (Å²) in [6, 6.07) is 6.13. The first-order valence-corrected chi connectivity index (χ1v) is 11.1. The Kier molecular flexibility index (Phi) is 7.73. The molecule has 0 amide bonds. The Balaban J connectivity index is 1.82. The van der Waals surface area contributed by atoms with Crippen LogP contribution in [0.25, 0.3) is 0 Å². The Morgan fingerprint density at radius 2 is 1.92 bits per heavy atom. The molecule has 0 saturated heterocycles. The van der Waals surface area contributed by atoms with Crippen molar-refractivity contribution in [2.75, 3.05) is 40.6 Å². The number of hydrogen-bond donors (Lipinski definition) is 1. The zero-order valence-electron chi connectivity index (χ0n) is 16.3. The van der Waals surface area contributed by atoms with Crippen LogP contribution in [0.2, 0.25) is 0 Å². The Morgan fingerprint density at radius 1 is 1.19 bits per heavy atom. The Hall–Kier alpha value is -1.31. The van der Waals surface area contributed by atoms with Crippen molar-refractivity contribution in [2.45, 2.75) is 38.1 Å². The number of nitrogens with zero attached hydrogens (tertiary/aromatic N) is 1. The van der Waals surface area contributed by atoms with Crippen molar-refractivity contribution in [3.8, 4) is 11.5 Å². The highest BCUT2D eigenvalue weighted by Crippen LogP contribution is 2.28. The molecule has 6 nitrogen and oxygen atoms in total. The van der Waals surface area contributed by atoms with Gasteiger partial charge in [-0.15, -0.1) is 0 Å². The summed E-state index contributed by atoms with van der Waals surface area (Å²) in [5.41, 5.74) is 1.22. The van der Waals surface area contributed by atoms with Crippen LogP contribution in [0.3, 0.4) is 0 Å². The molecule has 1 aromatic rings. The molecule has 148 valence electrons. The Bertz CT molecular complexity index is 678. The topological polar surface area (TPSA) is 67.9 Å². The number of sulfonamides is 1. The summed E-state index contributed by atoms with van der Waals surface area (Å²) in [5, 5.41) is 0. The quantitative estimate of drug-likeness (QED) is 0.707. The van der Waals surface area contributed by atoms with Gasteiger partial charge in [0.05, 0.1) is 20.5 Å². The first-order chi connectivity index (χ1) is 12.3. The second kappa shape index (κ2) is 9.58. The molecule has 1 aliphatic carbocycles. The van der Waals surface area contributed by atoms with Crippen molar-refractivity contribution in [3.05, 3.63) is 23.8 Å². The van der Waals surface area contributed by atoms with Crippen LogP contribution in [0.1, 0.15) is 31.2 Å². The first kappa shape index (κ1) is 21.0. The fourth-order valence-corrected chi connectivity index (χ4v) is 4.57.